The van der Waals surface area contributed by atoms with Gasteiger partial charge in [-0.1, -0.05) is 26.8 Å². The fourth-order valence-electron chi connectivity index (χ4n) is 3.42. The van der Waals surface area contributed by atoms with Crippen molar-refractivity contribution in [3.05, 3.63) is 96.0 Å². The smallest absolute Gasteiger partial charge is 0.283 e. The van der Waals surface area contributed by atoms with Crippen molar-refractivity contribution in [2.75, 3.05) is 0 Å². The Labute approximate surface area is 224 Å². The number of Topliss-reactive ketones (excluding diaryl/α,β-unsaturated/α-hetero) is 1. The molecule has 1 aromatic carbocycles. The molecule has 3 heterocycles. The maximum Gasteiger partial charge on any atom is 0.283 e. The van der Waals surface area contributed by atoms with Gasteiger partial charge in [0.05, 0.1) is 27.2 Å². The standard InChI is InChI=1S/C26H21N5O5S2/c1-26(2,3)22(32)18(14-27)24-30(15-17-6-4-11-36-17)23(33)21(37-24)13-16-7-8-20(19(12-16)31(34)35)38-25-28-9-5-10-29-25/h4-13H,15H2,1-3H3/b21-13-,24-18-. The summed E-state index contributed by atoms with van der Waals surface area (Å²) in [7, 11) is 0. The van der Waals surface area contributed by atoms with E-state index in [1.807, 2.05) is 6.07 Å². The van der Waals surface area contributed by atoms with Crippen molar-refractivity contribution in [3.8, 4) is 6.07 Å². The average molecular weight is 548 g/mol. The second-order valence-electron chi connectivity index (χ2n) is 9.07. The van der Waals surface area contributed by atoms with E-state index in [0.717, 1.165) is 23.1 Å². The van der Waals surface area contributed by atoms with Crippen LogP contribution in [0.25, 0.3) is 11.6 Å². The number of carbonyl (C=O) groups is 1. The van der Waals surface area contributed by atoms with Crippen LogP contribution in [0.5, 0.6) is 0 Å². The third-order valence-corrected chi connectivity index (χ3v) is 7.35. The predicted octanol–water partition coefficient (Wildman–Crippen LogP) is 3.52. The van der Waals surface area contributed by atoms with E-state index in [2.05, 4.69) is 9.97 Å². The Hall–Kier alpha value is -4.34. The Bertz CT molecular complexity index is 1730. The number of thiazole rings is 1. The lowest BCUT2D eigenvalue weighted by atomic mass is 9.87. The van der Waals surface area contributed by atoms with Gasteiger partial charge in [-0.25, -0.2) is 9.97 Å². The van der Waals surface area contributed by atoms with Crippen LogP contribution >= 0.6 is 23.1 Å². The van der Waals surface area contributed by atoms with E-state index in [1.165, 1.54) is 23.0 Å². The first kappa shape index (κ1) is 26.7. The molecule has 4 aromatic rings. The number of nitro benzene ring substituents is 1. The molecule has 3 aromatic heterocycles. The third-order valence-electron chi connectivity index (χ3n) is 5.26. The van der Waals surface area contributed by atoms with Crippen molar-refractivity contribution >= 4 is 46.2 Å². The molecule has 0 radical (unpaired) electrons. The van der Waals surface area contributed by atoms with Crippen molar-refractivity contribution in [2.45, 2.75) is 37.4 Å². The van der Waals surface area contributed by atoms with Crippen molar-refractivity contribution in [1.82, 2.24) is 14.5 Å². The van der Waals surface area contributed by atoms with Crippen molar-refractivity contribution < 1.29 is 14.1 Å². The summed E-state index contributed by atoms with van der Waals surface area (Å²) < 4.78 is 7.12. The molecule has 0 aliphatic carbocycles. The zero-order chi connectivity index (χ0) is 27.4. The highest BCUT2D eigenvalue weighted by molar-refractivity contribution is 7.99. The Morgan fingerprint density at radius 2 is 2.00 bits per heavy atom. The summed E-state index contributed by atoms with van der Waals surface area (Å²) in [6.45, 7) is 5.10. The van der Waals surface area contributed by atoms with Gasteiger partial charge in [0.1, 0.15) is 22.1 Å². The number of nitriles is 1. The number of aromatic nitrogens is 3. The van der Waals surface area contributed by atoms with E-state index in [1.54, 1.807) is 63.5 Å². The second kappa shape index (κ2) is 11.0. The minimum Gasteiger partial charge on any atom is -0.467 e. The summed E-state index contributed by atoms with van der Waals surface area (Å²) >= 11 is 2.03. The van der Waals surface area contributed by atoms with Gasteiger partial charge in [0.15, 0.2) is 10.9 Å². The zero-order valence-corrected chi connectivity index (χ0v) is 22.2. The van der Waals surface area contributed by atoms with E-state index in [-0.39, 0.29) is 27.0 Å². The lowest BCUT2D eigenvalue weighted by molar-refractivity contribution is -0.387. The van der Waals surface area contributed by atoms with Gasteiger partial charge in [-0.2, -0.15) is 5.26 Å². The second-order valence-corrected chi connectivity index (χ2v) is 11.1. The topological polar surface area (TPSA) is 145 Å². The van der Waals surface area contributed by atoms with Crippen LogP contribution in [0.4, 0.5) is 5.69 Å². The molecule has 4 rings (SSSR count). The third kappa shape index (κ3) is 5.80. The SMILES string of the molecule is CC(C)(C)C(=O)/C(C#N)=c1\s/c(=C\c2ccc(Sc3ncccn3)c([N+](=O)[O-])c2)c(=O)n1Cc1ccco1. The highest BCUT2D eigenvalue weighted by Crippen LogP contribution is 2.33. The fraction of sp³-hybridized carbons (Fsp3) is 0.192. The molecule has 10 nitrogen and oxygen atoms in total. The highest BCUT2D eigenvalue weighted by atomic mass is 32.2. The summed E-state index contributed by atoms with van der Waals surface area (Å²) in [5.74, 6) is 0.0690. The normalized spacial score (nSPS) is 12.7. The van der Waals surface area contributed by atoms with Crippen LogP contribution in [0.3, 0.4) is 0 Å². The van der Waals surface area contributed by atoms with Gasteiger partial charge in [0.2, 0.25) is 0 Å². The molecule has 0 spiro atoms. The monoisotopic (exact) mass is 547 g/mol. The minimum atomic E-state index is -0.846. The molecule has 0 atom stereocenters. The fourth-order valence-corrected chi connectivity index (χ4v) is 5.32. The molecule has 12 heteroatoms. The molecule has 0 bridgehead atoms. The molecule has 0 unspecified atom stereocenters. The van der Waals surface area contributed by atoms with Gasteiger partial charge in [-0.15, -0.1) is 11.3 Å². The van der Waals surface area contributed by atoms with Gasteiger partial charge < -0.3 is 4.42 Å². The highest BCUT2D eigenvalue weighted by Gasteiger charge is 2.27. The first-order valence-corrected chi connectivity index (χ1v) is 12.9. The number of ketones is 1. The quantitative estimate of drug-likeness (QED) is 0.193. The number of nitrogens with zero attached hydrogens (tertiary/aromatic N) is 5. The maximum absolute atomic E-state index is 13.5. The molecule has 0 amide bonds. The molecule has 0 saturated heterocycles. The van der Waals surface area contributed by atoms with Gasteiger partial charge in [-0.05, 0) is 47.7 Å². The van der Waals surface area contributed by atoms with E-state index >= 15 is 0 Å². The van der Waals surface area contributed by atoms with Crippen LogP contribution in [-0.4, -0.2) is 25.2 Å². The average Bonchev–Trinajstić information content (AvgIpc) is 3.50. The number of hydrogen-bond donors (Lipinski definition) is 0. The number of nitro groups is 1. The first-order chi connectivity index (χ1) is 18.1. The number of carbonyl (C=O) groups excluding carboxylic acids is 1. The molecule has 0 aliphatic heterocycles. The maximum atomic E-state index is 13.5. The van der Waals surface area contributed by atoms with Gasteiger partial charge >= 0.3 is 0 Å². The Balaban J connectivity index is 1.89. The summed E-state index contributed by atoms with van der Waals surface area (Å²) in [5.41, 5.74) is -1.19. The van der Waals surface area contributed by atoms with Gasteiger partial charge in [0.25, 0.3) is 11.2 Å². The number of rotatable bonds is 7. The van der Waals surface area contributed by atoms with Crippen molar-refractivity contribution in [3.63, 3.8) is 0 Å². The lowest BCUT2D eigenvalue weighted by Gasteiger charge is -2.15. The van der Waals surface area contributed by atoms with Crippen LogP contribution in [0, 0.1) is 26.9 Å². The van der Waals surface area contributed by atoms with E-state index < -0.39 is 21.7 Å². The molecule has 0 saturated carbocycles. The minimum absolute atomic E-state index is 0.0148. The summed E-state index contributed by atoms with van der Waals surface area (Å²) in [6.07, 6.45) is 6.06. The molecule has 38 heavy (non-hydrogen) atoms. The van der Waals surface area contributed by atoms with Crippen LogP contribution in [-0.2, 0) is 11.3 Å². The number of benzene rings is 1. The summed E-state index contributed by atoms with van der Waals surface area (Å²) in [4.78, 5) is 46.3. The van der Waals surface area contributed by atoms with E-state index in [9.17, 15) is 25.0 Å². The molecule has 0 aliphatic rings. The molecule has 0 fully saturated rings. The lowest BCUT2D eigenvalue weighted by Crippen LogP contribution is -2.34. The van der Waals surface area contributed by atoms with Gasteiger partial charge in [-0.3, -0.25) is 24.3 Å². The Morgan fingerprint density at radius 3 is 2.61 bits per heavy atom. The Kier molecular flexibility index (Phi) is 7.70. The Morgan fingerprint density at radius 1 is 1.26 bits per heavy atom. The first-order valence-electron chi connectivity index (χ1n) is 11.2. The van der Waals surface area contributed by atoms with Crippen molar-refractivity contribution in [1.29, 1.82) is 5.26 Å². The summed E-state index contributed by atoms with van der Waals surface area (Å²) in [6, 6.07) is 11.5. The van der Waals surface area contributed by atoms with E-state index in [0.29, 0.717) is 21.4 Å². The van der Waals surface area contributed by atoms with Crippen LogP contribution in [0.1, 0.15) is 32.1 Å². The van der Waals surface area contributed by atoms with Gasteiger partial charge in [0, 0.05) is 23.9 Å². The van der Waals surface area contributed by atoms with Crippen LogP contribution in [0.15, 0.2) is 74.3 Å². The van der Waals surface area contributed by atoms with Crippen LogP contribution in [0.2, 0.25) is 0 Å². The van der Waals surface area contributed by atoms with Crippen molar-refractivity contribution in [2.24, 2.45) is 5.41 Å². The molecular formula is C26H21N5O5S2. The summed E-state index contributed by atoms with van der Waals surface area (Å²) in [5, 5.41) is 22.0. The predicted molar refractivity (Wildman–Crippen MR) is 142 cm³/mol. The zero-order valence-electron chi connectivity index (χ0n) is 20.6. The van der Waals surface area contributed by atoms with E-state index in [4.69, 9.17) is 4.42 Å². The molecular weight excluding hydrogens is 526 g/mol. The largest absolute Gasteiger partial charge is 0.467 e. The molecule has 0 N–H and O–H groups in total. The number of furan rings is 1. The van der Waals surface area contributed by atoms with Crippen LogP contribution < -0.4 is 14.8 Å². The number of hydrogen-bond acceptors (Lipinski definition) is 10. The molecule has 192 valence electrons.